The van der Waals surface area contributed by atoms with Crippen LogP contribution in [0.2, 0.25) is 0 Å². The van der Waals surface area contributed by atoms with Crippen LogP contribution in [0.4, 0.5) is 0 Å². The van der Waals surface area contributed by atoms with Gasteiger partial charge in [0.1, 0.15) is 6.61 Å². The van der Waals surface area contributed by atoms with Crippen molar-refractivity contribution in [3.63, 3.8) is 0 Å². The highest BCUT2D eigenvalue weighted by Gasteiger charge is 2.17. The zero-order valence-electron chi connectivity index (χ0n) is 45.6. The van der Waals surface area contributed by atoms with E-state index in [4.69, 9.17) is 14.2 Å². The molecular weight excluding hydrogens is 837 g/mol. The van der Waals surface area contributed by atoms with Crippen molar-refractivity contribution in [1.82, 2.24) is 0 Å². The van der Waals surface area contributed by atoms with Crippen molar-refractivity contribution in [3.05, 3.63) is 60.8 Å². The minimum Gasteiger partial charge on any atom is -0.462 e. The maximum atomic E-state index is 12.9. The Morgan fingerprint density at radius 1 is 0.338 bits per heavy atom. The Bertz CT molecular complexity index is 1170. The molecule has 1 atom stereocenters. The van der Waals surface area contributed by atoms with Gasteiger partial charge in [-0.05, 0) is 57.8 Å². The molecule has 0 saturated carbocycles. The highest BCUT2D eigenvalue weighted by molar-refractivity contribution is 5.70. The Kier molecular flexibility index (Phi) is 56.8. The molecule has 5 heteroatoms. The zero-order valence-corrected chi connectivity index (χ0v) is 45.6. The molecule has 0 aliphatic heterocycles. The maximum Gasteiger partial charge on any atom is 0.306 e. The van der Waals surface area contributed by atoms with Crippen molar-refractivity contribution < 1.29 is 23.8 Å². The maximum absolute atomic E-state index is 12.9. The molecule has 1 unspecified atom stereocenters. The minimum atomic E-state index is -0.557. The Morgan fingerprint density at radius 3 is 1.04 bits per heavy atom. The largest absolute Gasteiger partial charge is 0.462 e. The number of rotatable bonds is 55. The van der Waals surface area contributed by atoms with Crippen LogP contribution in [0.5, 0.6) is 0 Å². The summed E-state index contributed by atoms with van der Waals surface area (Å²) in [4.78, 5) is 25.5. The molecule has 0 spiro atoms. The monoisotopic (exact) mass is 951 g/mol. The second-order valence-corrected chi connectivity index (χ2v) is 19.9. The van der Waals surface area contributed by atoms with Crippen LogP contribution in [0.3, 0.4) is 0 Å². The lowest BCUT2D eigenvalue weighted by atomic mass is 10.0. The first kappa shape index (κ1) is 65.6. The van der Waals surface area contributed by atoms with Gasteiger partial charge in [0.25, 0.3) is 0 Å². The molecule has 0 bridgehead atoms. The number of ether oxygens (including phenoxy) is 3. The van der Waals surface area contributed by atoms with E-state index < -0.39 is 6.10 Å². The van der Waals surface area contributed by atoms with Crippen LogP contribution in [0.1, 0.15) is 303 Å². The fourth-order valence-corrected chi connectivity index (χ4v) is 8.67. The molecule has 5 nitrogen and oxygen atoms in total. The van der Waals surface area contributed by atoms with Gasteiger partial charge in [0, 0.05) is 19.4 Å². The number of esters is 2. The summed E-state index contributed by atoms with van der Waals surface area (Å²) < 4.78 is 17.5. The van der Waals surface area contributed by atoms with Crippen LogP contribution in [-0.4, -0.2) is 37.9 Å². The van der Waals surface area contributed by atoms with Crippen molar-refractivity contribution in [2.75, 3.05) is 19.8 Å². The fourth-order valence-electron chi connectivity index (χ4n) is 8.67. The van der Waals surface area contributed by atoms with Gasteiger partial charge in [0.05, 0.1) is 6.61 Å². The number of carbonyl (C=O) groups excluding carboxylic acids is 2. The summed E-state index contributed by atoms with van der Waals surface area (Å²) in [5.74, 6) is -0.448. The lowest BCUT2D eigenvalue weighted by molar-refractivity contribution is -0.163. The fraction of sp³-hybridized carbons (Fsp3) is 0.810. The molecule has 68 heavy (non-hydrogen) atoms. The van der Waals surface area contributed by atoms with Crippen molar-refractivity contribution in [2.45, 2.75) is 309 Å². The number of unbranched alkanes of at least 4 members (excludes halogenated alkanes) is 34. The third-order valence-electron chi connectivity index (χ3n) is 13.1. The van der Waals surface area contributed by atoms with Gasteiger partial charge < -0.3 is 14.2 Å². The molecule has 0 fully saturated rings. The molecule has 396 valence electrons. The molecule has 0 N–H and O–H groups in total. The summed E-state index contributed by atoms with van der Waals surface area (Å²) >= 11 is 0. The highest BCUT2D eigenvalue weighted by atomic mass is 16.6. The summed E-state index contributed by atoms with van der Waals surface area (Å²) in [6.07, 6.45) is 75.4. The average Bonchev–Trinajstić information content (AvgIpc) is 3.34. The van der Waals surface area contributed by atoms with Crippen LogP contribution in [0.15, 0.2) is 60.8 Å². The van der Waals surface area contributed by atoms with Crippen LogP contribution in [-0.2, 0) is 23.8 Å². The topological polar surface area (TPSA) is 61.8 Å². The first-order chi connectivity index (χ1) is 33.6. The van der Waals surface area contributed by atoms with Gasteiger partial charge in [-0.2, -0.15) is 0 Å². The van der Waals surface area contributed by atoms with E-state index in [-0.39, 0.29) is 25.2 Å². The average molecular weight is 952 g/mol. The van der Waals surface area contributed by atoms with Crippen molar-refractivity contribution in [2.24, 2.45) is 0 Å². The second kappa shape index (κ2) is 58.9. The summed E-state index contributed by atoms with van der Waals surface area (Å²) in [6.45, 7) is 7.71. The predicted octanol–water partition coefficient (Wildman–Crippen LogP) is 20.5. The third kappa shape index (κ3) is 56.2. The van der Waals surface area contributed by atoms with Gasteiger partial charge in [-0.15, -0.1) is 0 Å². The molecule has 0 heterocycles. The van der Waals surface area contributed by atoms with Gasteiger partial charge in [0.2, 0.25) is 0 Å². The van der Waals surface area contributed by atoms with Gasteiger partial charge in [-0.3, -0.25) is 9.59 Å². The Hall–Kier alpha value is -2.40. The second-order valence-electron chi connectivity index (χ2n) is 19.9. The molecule has 0 saturated heterocycles. The molecule has 0 aliphatic rings. The lowest BCUT2D eigenvalue weighted by Crippen LogP contribution is -2.30. The van der Waals surface area contributed by atoms with Crippen molar-refractivity contribution >= 4 is 11.9 Å². The van der Waals surface area contributed by atoms with Crippen LogP contribution < -0.4 is 0 Å². The van der Waals surface area contributed by atoms with E-state index in [2.05, 4.69) is 81.5 Å². The number of hydrogen-bond donors (Lipinski definition) is 0. The molecule has 0 rings (SSSR count). The lowest BCUT2D eigenvalue weighted by Gasteiger charge is -2.18. The molecule has 0 aliphatic carbocycles. The van der Waals surface area contributed by atoms with E-state index >= 15 is 0 Å². The molecule has 0 aromatic rings. The van der Waals surface area contributed by atoms with E-state index in [1.54, 1.807) is 0 Å². The van der Waals surface area contributed by atoms with Crippen molar-refractivity contribution in [3.8, 4) is 0 Å². The number of allylic oxidation sites excluding steroid dienone is 10. The van der Waals surface area contributed by atoms with Crippen molar-refractivity contribution in [1.29, 1.82) is 0 Å². The van der Waals surface area contributed by atoms with Crippen LogP contribution >= 0.6 is 0 Å². The SMILES string of the molecule is CC/C=C\C/C=C\C/C=C\C/C=C\C/C=C\CCCC(=O)OCC(COCCCCCCCCCCCCCCCCCCCCCC)OC(=O)CCCCCCCCCCCCCCCCC. The van der Waals surface area contributed by atoms with Gasteiger partial charge in [-0.25, -0.2) is 0 Å². The Morgan fingerprint density at radius 2 is 0.662 bits per heavy atom. The Balaban J connectivity index is 4.29. The molecule has 0 aromatic heterocycles. The zero-order chi connectivity index (χ0) is 49.2. The molecule has 0 amide bonds. The first-order valence-electron chi connectivity index (χ1n) is 29.8. The van der Waals surface area contributed by atoms with E-state index in [0.717, 1.165) is 70.6 Å². The van der Waals surface area contributed by atoms with E-state index in [1.807, 2.05) is 0 Å². The summed E-state index contributed by atoms with van der Waals surface area (Å²) in [5, 5.41) is 0. The Labute approximate surface area is 424 Å². The predicted molar refractivity (Wildman–Crippen MR) is 298 cm³/mol. The normalized spacial score (nSPS) is 12.6. The van der Waals surface area contributed by atoms with E-state index in [1.165, 1.54) is 199 Å². The van der Waals surface area contributed by atoms with Gasteiger partial charge >= 0.3 is 11.9 Å². The molecular formula is C63H114O5. The quantitative estimate of drug-likeness (QED) is 0.0345. The number of carbonyl (C=O) groups is 2. The standard InChI is InChI=1S/C63H114O5/c1-4-7-10-13-16-19-22-25-28-30-31-32-34-37-40-43-46-49-52-55-58-66-59-61(68-63(65)57-54-51-48-45-42-39-35-27-24-21-18-15-12-9-6-3)60-67-62(64)56-53-50-47-44-41-38-36-33-29-26-23-20-17-14-11-8-5-2/h8,11,17,20,26,29,36,38,44,47,61H,4-7,9-10,12-16,18-19,21-25,27-28,30-35,37,39-43,45-46,48-60H2,1-3H3/b11-8-,20-17-,29-26-,38-36-,47-44-. The van der Waals surface area contributed by atoms with Crippen LogP contribution in [0.25, 0.3) is 0 Å². The van der Waals surface area contributed by atoms with E-state index in [9.17, 15) is 9.59 Å². The first-order valence-corrected chi connectivity index (χ1v) is 29.8. The summed E-state index contributed by atoms with van der Waals surface area (Å²) in [5.41, 5.74) is 0. The third-order valence-corrected chi connectivity index (χ3v) is 13.1. The minimum absolute atomic E-state index is 0.0599. The highest BCUT2D eigenvalue weighted by Crippen LogP contribution is 2.17. The smallest absolute Gasteiger partial charge is 0.306 e. The van der Waals surface area contributed by atoms with Gasteiger partial charge in [-0.1, -0.05) is 293 Å². The summed E-state index contributed by atoms with van der Waals surface area (Å²) in [7, 11) is 0. The molecule has 0 radical (unpaired) electrons. The molecule has 0 aromatic carbocycles. The van der Waals surface area contributed by atoms with Crippen LogP contribution in [0, 0.1) is 0 Å². The van der Waals surface area contributed by atoms with Gasteiger partial charge in [0.15, 0.2) is 6.10 Å². The van der Waals surface area contributed by atoms with E-state index in [0.29, 0.717) is 19.4 Å². The summed E-state index contributed by atoms with van der Waals surface area (Å²) in [6, 6.07) is 0. The number of hydrogen-bond acceptors (Lipinski definition) is 5.